The second-order valence-corrected chi connectivity index (χ2v) is 29.3. The summed E-state index contributed by atoms with van der Waals surface area (Å²) < 4.78 is 65.0. The van der Waals surface area contributed by atoms with Crippen LogP contribution in [0.3, 0.4) is 0 Å². The van der Waals surface area contributed by atoms with E-state index >= 15 is 0 Å². The van der Waals surface area contributed by atoms with E-state index in [1.807, 2.05) is 0 Å². The van der Waals surface area contributed by atoms with Gasteiger partial charge in [-0.15, -0.1) is 0 Å². The van der Waals surface area contributed by atoms with E-state index in [2.05, 4.69) is 0 Å². The Kier molecular flexibility index (Phi) is 26.6. The van der Waals surface area contributed by atoms with Gasteiger partial charge in [0.05, 0.1) is 42.7 Å². The van der Waals surface area contributed by atoms with Crippen molar-refractivity contribution in [3.8, 4) is 172 Å². The summed E-state index contributed by atoms with van der Waals surface area (Å²) in [4.78, 5) is 0. The van der Waals surface area contributed by atoms with E-state index in [0.717, 1.165) is 24.3 Å². The van der Waals surface area contributed by atoms with E-state index in [9.17, 15) is 123 Å². The number of aliphatic hydroxyl groups excluding tert-OH is 6. The number of rotatable bonds is 12. The molecular weight excluding hydrogens is 1730 g/mol. The summed E-state index contributed by atoms with van der Waals surface area (Å²) in [5, 5.41) is 233. The summed E-state index contributed by atoms with van der Waals surface area (Å²) in [6, 6.07) is 43.0. The largest absolute Gasteiger partial charge is 0.508 e. The predicted molar refractivity (Wildman–Crippen MR) is 470 cm³/mol. The zero-order chi connectivity index (χ0) is 95.1. The van der Waals surface area contributed by atoms with Crippen molar-refractivity contribution in [1.82, 2.24) is 0 Å². The van der Waals surface area contributed by atoms with Crippen LogP contribution < -0.4 is 56.8 Å². The molecule has 0 saturated carbocycles. The second kappa shape index (κ2) is 38.4. The smallest absolute Gasteiger partial charge is 0.203 e. The van der Waals surface area contributed by atoms with Gasteiger partial charge in [0.25, 0.3) is 0 Å². The zero-order valence-corrected chi connectivity index (χ0v) is 70.2. The Bertz CT molecular complexity index is 6650. The van der Waals surface area contributed by atoms with Gasteiger partial charge >= 0.3 is 0 Å². The number of benzene rings is 12. The van der Waals surface area contributed by atoms with E-state index in [4.69, 9.17) is 56.8 Å². The average molecular weight is 1810 g/mol. The van der Waals surface area contributed by atoms with Gasteiger partial charge < -0.3 is 179 Å². The molecule has 0 radical (unpaired) electrons. The standard InChI is InChI=1S/C18H18O7.C17H16O6.C16H14O5.C15H12O7.C15H12O6.C15H12O5/c1-22-15-4-9(5-16(23-2)18(15)24-3)17-13(21)8-11-12(20)6-10(19)7-14(11)25-17;1-21-14-4-3-9(5-16(14)22-2)17-13(20)8-11-12(19)6-10(18)7-15(11)23-17;1-20-11-4-2-9(3-5-11)16-14(19)8-12-13(18)6-10(17)7-15(12)21-16;16-7-3-9(17)8-5-12(20)15(22-13(8)4-7)6-1-10(18)14(21)11(19)2-6;16-8-4-11(18)9-6-13(20)15(21-14(9)5-8)7-1-2-10(17)12(19)3-7;16-9-3-1-8(2-4-9)15-13(19)7-11-12(18)5-10(17)6-14(11)20-15/h4-7,19-21H,8H2,1-3H3;3-7,18-20H,8H2,1-2H3;2-7,17-19H,8H2,1H3;1-4,16-21H,5H2;1-5,16-20H,6H2;1-6,16-19H,7H2. The molecule has 0 fully saturated rings. The molecule has 0 saturated heterocycles. The van der Waals surface area contributed by atoms with E-state index in [1.54, 1.807) is 73.8 Å². The van der Waals surface area contributed by atoms with Crippen molar-refractivity contribution in [2.75, 3.05) is 42.7 Å². The van der Waals surface area contributed by atoms with Crippen LogP contribution in [0.15, 0.2) is 217 Å². The zero-order valence-electron chi connectivity index (χ0n) is 70.2. The Morgan fingerprint density at radius 3 is 0.727 bits per heavy atom. The Morgan fingerprint density at radius 1 is 0.189 bits per heavy atom. The van der Waals surface area contributed by atoms with Crippen LogP contribution >= 0.6 is 0 Å². The van der Waals surface area contributed by atoms with E-state index < -0.39 is 17.2 Å². The molecule has 0 aliphatic carbocycles. The Morgan fingerprint density at radius 2 is 0.439 bits per heavy atom. The van der Waals surface area contributed by atoms with Gasteiger partial charge in [0, 0.05) is 178 Å². The number of aliphatic hydroxyl groups is 6. The number of hydrogen-bond donors (Lipinski definition) is 24. The van der Waals surface area contributed by atoms with Crippen LogP contribution in [0.2, 0.25) is 0 Å². The van der Waals surface area contributed by atoms with Crippen LogP contribution in [-0.2, 0) is 38.5 Å². The van der Waals surface area contributed by atoms with Crippen molar-refractivity contribution < 1.29 is 179 Å². The SMILES string of the molecule is COc1cc(C2=C(O)Cc3c(O)cc(O)cc3O2)cc(OC)c1OC.COc1ccc(C2=C(O)Cc3c(O)cc(O)cc3O2)cc1.COc1ccc(C2=C(O)Cc3c(O)cc(O)cc3O2)cc1OC.OC1=C(c2cc(O)c(O)c(O)c2)Oc2cc(O)cc(O)c2C1.OC1=C(c2ccc(O)c(O)c2)Oc2cc(O)cc(O)c2C1.OC1=C(c2ccc(O)cc2)Oc2cc(O)cc(O)c2C1. The molecule has 0 aromatic heterocycles. The van der Waals surface area contributed by atoms with Crippen LogP contribution in [0, 0.1) is 0 Å². The number of fused-ring (bicyclic) bond motifs is 6. The van der Waals surface area contributed by atoms with Crippen LogP contribution in [0.1, 0.15) is 66.8 Å². The maximum atomic E-state index is 10.4. The molecule has 0 spiro atoms. The van der Waals surface area contributed by atoms with Gasteiger partial charge in [-0.25, -0.2) is 0 Å². The van der Waals surface area contributed by atoms with Gasteiger partial charge in [0.2, 0.25) is 5.75 Å². The van der Waals surface area contributed by atoms with Crippen molar-refractivity contribution >= 4 is 34.6 Å². The maximum Gasteiger partial charge on any atom is 0.203 e. The minimum atomic E-state index is -0.685. The summed E-state index contributed by atoms with van der Waals surface area (Å²) in [6.45, 7) is 0. The molecule has 6 aliphatic heterocycles. The highest BCUT2D eigenvalue weighted by Gasteiger charge is 2.33. The van der Waals surface area contributed by atoms with Crippen molar-refractivity contribution in [2.24, 2.45) is 0 Å². The molecule has 12 aromatic carbocycles. The minimum Gasteiger partial charge on any atom is -0.508 e. The van der Waals surface area contributed by atoms with E-state index in [-0.39, 0.29) is 211 Å². The van der Waals surface area contributed by atoms with Crippen molar-refractivity contribution in [2.45, 2.75) is 38.5 Å². The first-order chi connectivity index (χ1) is 62.9. The van der Waals surface area contributed by atoms with Gasteiger partial charge in [-0.1, -0.05) is 0 Å². The molecular formula is C96H84O36. The molecule has 132 heavy (non-hydrogen) atoms. The van der Waals surface area contributed by atoms with Crippen molar-refractivity contribution in [3.05, 3.63) is 283 Å². The fraction of sp³-hybridized carbons (Fsp3) is 0.125. The van der Waals surface area contributed by atoms with Gasteiger partial charge in [-0.05, 0) is 109 Å². The number of hydrogen-bond acceptors (Lipinski definition) is 36. The van der Waals surface area contributed by atoms with Gasteiger partial charge in [0.1, 0.15) is 150 Å². The Labute approximate surface area is 747 Å². The topological polar surface area (TPSA) is 596 Å². The summed E-state index contributed by atoms with van der Waals surface area (Å²) >= 11 is 0. The Hall–Kier alpha value is -18.1. The quantitative estimate of drug-likeness (QED) is 0.0505. The molecule has 24 N–H and O–H groups in total. The first-order valence-electron chi connectivity index (χ1n) is 39.1. The third kappa shape index (κ3) is 19.8. The second-order valence-electron chi connectivity index (χ2n) is 29.3. The van der Waals surface area contributed by atoms with Crippen LogP contribution in [0.5, 0.6) is 172 Å². The predicted octanol–water partition coefficient (Wildman–Crippen LogP) is 16.0. The molecule has 12 aromatic rings. The molecule has 36 nitrogen and oxygen atoms in total. The summed E-state index contributed by atoms with van der Waals surface area (Å²) in [7, 11) is 9.10. The monoisotopic (exact) mass is 1810 g/mol. The van der Waals surface area contributed by atoms with Gasteiger partial charge in [-0.2, -0.15) is 0 Å². The summed E-state index contributed by atoms with van der Waals surface area (Å²) in [5.41, 5.74) is 5.18. The number of aromatic hydroxyl groups is 18. The van der Waals surface area contributed by atoms with Crippen LogP contribution in [0.25, 0.3) is 34.6 Å². The first kappa shape index (κ1) is 91.6. The number of phenols is 18. The number of ether oxygens (including phenoxy) is 12. The molecule has 6 heterocycles. The van der Waals surface area contributed by atoms with Crippen molar-refractivity contribution in [3.63, 3.8) is 0 Å². The normalized spacial score (nSPS) is 13.5. The molecule has 0 bridgehead atoms. The van der Waals surface area contributed by atoms with Gasteiger partial charge in [0.15, 0.2) is 86.3 Å². The third-order valence-electron chi connectivity index (χ3n) is 20.6. The Balaban J connectivity index is 0.000000135. The molecule has 36 heteroatoms. The fourth-order valence-electron chi connectivity index (χ4n) is 14.1. The summed E-state index contributed by atoms with van der Waals surface area (Å²) in [5.74, 6) is 0.914. The van der Waals surface area contributed by atoms with Crippen molar-refractivity contribution in [1.29, 1.82) is 0 Å². The molecule has 0 amide bonds. The van der Waals surface area contributed by atoms with E-state index in [1.165, 1.54) is 127 Å². The summed E-state index contributed by atoms with van der Waals surface area (Å²) in [6.07, 6.45) is 0.386. The highest BCUT2D eigenvalue weighted by atomic mass is 16.5. The molecule has 6 aliphatic rings. The lowest BCUT2D eigenvalue weighted by Gasteiger charge is -2.22. The fourth-order valence-corrected chi connectivity index (χ4v) is 14.1. The minimum absolute atomic E-state index is 0.0219. The van der Waals surface area contributed by atoms with E-state index in [0.29, 0.717) is 119 Å². The van der Waals surface area contributed by atoms with Gasteiger partial charge in [-0.3, -0.25) is 0 Å². The number of allylic oxidation sites excluding steroid dienone is 6. The van der Waals surface area contributed by atoms with Crippen LogP contribution in [-0.4, -0.2) is 165 Å². The lowest BCUT2D eigenvalue weighted by molar-refractivity contribution is 0.323. The molecule has 0 unspecified atom stereocenters. The lowest BCUT2D eigenvalue weighted by Crippen LogP contribution is -2.10. The number of methoxy groups -OCH3 is 6. The van der Waals surface area contributed by atoms with Crippen LogP contribution in [0.4, 0.5) is 0 Å². The highest BCUT2D eigenvalue weighted by Crippen LogP contribution is 2.51. The average Bonchev–Trinajstić information content (AvgIpc) is 0.787. The maximum absolute atomic E-state index is 10.4. The molecule has 18 rings (SSSR count). The third-order valence-corrected chi connectivity index (χ3v) is 20.6. The molecule has 0 atom stereocenters. The molecule has 684 valence electrons. The highest BCUT2D eigenvalue weighted by molar-refractivity contribution is 5.78. The lowest BCUT2D eigenvalue weighted by atomic mass is 10.0. The number of phenolic OH excluding ortho intramolecular Hbond substituents is 18. The first-order valence-corrected chi connectivity index (χ1v) is 39.1.